The van der Waals surface area contributed by atoms with Crippen LogP contribution in [0.4, 0.5) is 0 Å². The van der Waals surface area contributed by atoms with Crippen LogP contribution in [0.15, 0.2) is 79.1 Å². The summed E-state index contributed by atoms with van der Waals surface area (Å²) in [4.78, 5) is 17.3. The van der Waals surface area contributed by atoms with Crippen LogP contribution >= 0.6 is 0 Å². The Hall–Kier alpha value is -3.60. The van der Waals surface area contributed by atoms with Crippen LogP contribution in [0, 0.1) is 0 Å². The number of carbonyl (C=O) groups excluding carboxylic acids is 1. The molecule has 5 heteroatoms. The van der Waals surface area contributed by atoms with Crippen molar-refractivity contribution in [3.05, 3.63) is 95.9 Å². The summed E-state index contributed by atoms with van der Waals surface area (Å²) in [7, 11) is 1.66. The first-order chi connectivity index (χ1) is 15.2. The lowest BCUT2D eigenvalue weighted by atomic mass is 9.88. The molecule has 4 rings (SSSR count). The average molecular weight is 414 g/mol. The fourth-order valence-corrected chi connectivity index (χ4v) is 4.03. The van der Waals surface area contributed by atoms with Gasteiger partial charge in [-0.25, -0.2) is 0 Å². The first-order valence-corrected chi connectivity index (χ1v) is 10.6. The molecule has 5 nitrogen and oxygen atoms in total. The number of para-hydroxylation sites is 1. The molecule has 0 radical (unpaired) electrons. The Morgan fingerprint density at radius 2 is 1.94 bits per heavy atom. The molecule has 31 heavy (non-hydrogen) atoms. The van der Waals surface area contributed by atoms with E-state index in [1.54, 1.807) is 13.3 Å². The normalized spacial score (nSPS) is 11.9. The summed E-state index contributed by atoms with van der Waals surface area (Å²) in [6, 6.07) is 22.1. The molecule has 0 aliphatic carbocycles. The highest BCUT2D eigenvalue weighted by Gasteiger charge is 2.23. The maximum absolute atomic E-state index is 13.0. The minimum Gasteiger partial charge on any atom is -0.497 e. The van der Waals surface area contributed by atoms with Crippen molar-refractivity contribution in [3.63, 3.8) is 0 Å². The van der Waals surface area contributed by atoms with Gasteiger partial charge in [0, 0.05) is 42.2 Å². The highest BCUT2D eigenvalue weighted by atomic mass is 16.5. The Kier molecular flexibility index (Phi) is 6.32. The molecule has 2 aromatic heterocycles. The lowest BCUT2D eigenvalue weighted by Crippen LogP contribution is -2.25. The molecule has 0 saturated heterocycles. The van der Waals surface area contributed by atoms with Crippen LogP contribution in [-0.2, 0) is 17.9 Å². The fourth-order valence-electron chi connectivity index (χ4n) is 4.03. The number of ether oxygens (including phenoxy) is 1. The van der Waals surface area contributed by atoms with Gasteiger partial charge in [-0.1, -0.05) is 36.4 Å². The van der Waals surface area contributed by atoms with Crippen LogP contribution in [0.1, 0.15) is 36.1 Å². The van der Waals surface area contributed by atoms with Gasteiger partial charge < -0.3 is 14.6 Å². The van der Waals surface area contributed by atoms with E-state index >= 15 is 0 Å². The van der Waals surface area contributed by atoms with E-state index in [4.69, 9.17) is 4.74 Å². The Morgan fingerprint density at radius 3 is 2.71 bits per heavy atom. The molecule has 2 heterocycles. The second kappa shape index (κ2) is 9.47. The van der Waals surface area contributed by atoms with E-state index in [0.29, 0.717) is 13.0 Å². The summed E-state index contributed by atoms with van der Waals surface area (Å²) in [5.74, 6) is 0.693. The Morgan fingerprint density at radius 1 is 1.10 bits per heavy atom. The Bertz CT molecular complexity index is 1170. The smallest absolute Gasteiger partial charge is 0.221 e. The van der Waals surface area contributed by atoms with E-state index in [-0.39, 0.29) is 11.8 Å². The molecule has 0 saturated carbocycles. The number of hydrogen-bond donors (Lipinski definition) is 1. The van der Waals surface area contributed by atoms with Crippen molar-refractivity contribution in [1.29, 1.82) is 0 Å². The summed E-state index contributed by atoms with van der Waals surface area (Å²) < 4.78 is 7.69. The van der Waals surface area contributed by atoms with Crippen molar-refractivity contribution in [2.45, 2.75) is 32.4 Å². The molecule has 0 aliphatic heterocycles. The summed E-state index contributed by atoms with van der Waals surface area (Å²) in [5, 5.41) is 4.20. The minimum atomic E-state index is -0.0865. The third-order valence-corrected chi connectivity index (χ3v) is 5.61. The van der Waals surface area contributed by atoms with E-state index in [1.807, 2.05) is 36.4 Å². The Labute approximate surface area is 182 Å². The number of rotatable bonds is 8. The zero-order valence-corrected chi connectivity index (χ0v) is 17.9. The first kappa shape index (κ1) is 20.7. The molecule has 1 unspecified atom stereocenters. The third kappa shape index (κ3) is 4.61. The number of aryl methyl sites for hydroxylation is 1. The number of methoxy groups -OCH3 is 1. The number of fused-ring (bicyclic) bond motifs is 1. The quantitative estimate of drug-likeness (QED) is 0.447. The molecule has 2 aromatic carbocycles. The molecule has 1 amide bonds. The zero-order chi connectivity index (χ0) is 21.6. The van der Waals surface area contributed by atoms with Crippen molar-refractivity contribution >= 4 is 16.8 Å². The maximum Gasteiger partial charge on any atom is 0.221 e. The van der Waals surface area contributed by atoms with Gasteiger partial charge in [-0.3, -0.25) is 9.78 Å². The number of pyridine rings is 1. The number of amides is 1. The molecule has 4 aromatic rings. The Balaban J connectivity index is 1.68. The van der Waals surface area contributed by atoms with Crippen molar-refractivity contribution in [2.24, 2.45) is 0 Å². The van der Waals surface area contributed by atoms with Crippen LogP contribution in [0.5, 0.6) is 5.75 Å². The SMILES string of the molecule is CCn1cc(C(CC(=O)NCc2ccccn2)c2cccc(OC)c2)c2ccccc21. The van der Waals surface area contributed by atoms with E-state index < -0.39 is 0 Å². The lowest BCUT2D eigenvalue weighted by molar-refractivity contribution is -0.121. The predicted molar refractivity (Wildman–Crippen MR) is 123 cm³/mol. The van der Waals surface area contributed by atoms with E-state index in [0.717, 1.165) is 29.1 Å². The highest BCUT2D eigenvalue weighted by molar-refractivity contribution is 5.86. The molecule has 0 spiro atoms. The van der Waals surface area contributed by atoms with E-state index in [2.05, 4.69) is 58.3 Å². The molecule has 0 fully saturated rings. The van der Waals surface area contributed by atoms with Gasteiger partial charge >= 0.3 is 0 Å². The van der Waals surface area contributed by atoms with Gasteiger partial charge in [-0.05, 0) is 48.4 Å². The van der Waals surface area contributed by atoms with E-state index in [9.17, 15) is 4.79 Å². The third-order valence-electron chi connectivity index (χ3n) is 5.61. The van der Waals surface area contributed by atoms with Gasteiger partial charge in [0.2, 0.25) is 5.91 Å². The summed E-state index contributed by atoms with van der Waals surface area (Å²) >= 11 is 0. The molecule has 1 N–H and O–H groups in total. The monoisotopic (exact) mass is 413 g/mol. The van der Waals surface area contributed by atoms with Gasteiger partial charge in [0.05, 0.1) is 19.3 Å². The average Bonchev–Trinajstić information content (AvgIpc) is 3.20. The number of hydrogen-bond acceptors (Lipinski definition) is 3. The largest absolute Gasteiger partial charge is 0.497 e. The molecule has 158 valence electrons. The van der Waals surface area contributed by atoms with Gasteiger partial charge in [-0.15, -0.1) is 0 Å². The number of aromatic nitrogens is 2. The summed E-state index contributed by atoms with van der Waals surface area (Å²) in [5.41, 5.74) is 4.24. The predicted octanol–water partition coefficient (Wildman–Crippen LogP) is 4.90. The fraction of sp³-hybridized carbons (Fsp3) is 0.231. The lowest BCUT2D eigenvalue weighted by Gasteiger charge is -2.18. The van der Waals surface area contributed by atoms with Crippen molar-refractivity contribution in [2.75, 3.05) is 7.11 Å². The van der Waals surface area contributed by atoms with Crippen LogP contribution in [0.2, 0.25) is 0 Å². The zero-order valence-electron chi connectivity index (χ0n) is 17.9. The van der Waals surface area contributed by atoms with Crippen LogP contribution in [0.25, 0.3) is 10.9 Å². The molecule has 0 bridgehead atoms. The van der Waals surface area contributed by atoms with Crippen LogP contribution in [-0.4, -0.2) is 22.6 Å². The number of carbonyl (C=O) groups is 1. The molecule has 1 atom stereocenters. The summed E-state index contributed by atoms with van der Waals surface area (Å²) in [6.45, 7) is 3.43. The second-order valence-electron chi connectivity index (χ2n) is 7.52. The highest BCUT2D eigenvalue weighted by Crippen LogP contribution is 2.36. The van der Waals surface area contributed by atoms with Gasteiger partial charge in [0.25, 0.3) is 0 Å². The van der Waals surface area contributed by atoms with Gasteiger partial charge in [-0.2, -0.15) is 0 Å². The second-order valence-corrected chi connectivity index (χ2v) is 7.52. The van der Waals surface area contributed by atoms with Crippen molar-refractivity contribution in [3.8, 4) is 5.75 Å². The minimum absolute atomic E-state index is 0.00759. The van der Waals surface area contributed by atoms with E-state index in [1.165, 1.54) is 10.9 Å². The number of nitrogens with one attached hydrogen (secondary N) is 1. The maximum atomic E-state index is 13.0. The molecular weight excluding hydrogens is 386 g/mol. The van der Waals surface area contributed by atoms with Gasteiger partial charge in [0.15, 0.2) is 0 Å². The van der Waals surface area contributed by atoms with Crippen molar-refractivity contribution < 1.29 is 9.53 Å². The molecule has 0 aliphatic rings. The van der Waals surface area contributed by atoms with Gasteiger partial charge in [0.1, 0.15) is 5.75 Å². The van der Waals surface area contributed by atoms with Crippen LogP contribution in [0.3, 0.4) is 0 Å². The topological polar surface area (TPSA) is 56.2 Å². The van der Waals surface area contributed by atoms with Crippen LogP contribution < -0.4 is 10.1 Å². The number of nitrogens with zero attached hydrogens (tertiary/aromatic N) is 2. The summed E-state index contributed by atoms with van der Waals surface area (Å²) in [6.07, 6.45) is 4.26. The van der Waals surface area contributed by atoms with Crippen molar-refractivity contribution in [1.82, 2.24) is 14.9 Å². The first-order valence-electron chi connectivity index (χ1n) is 10.6. The number of benzene rings is 2. The standard InChI is InChI=1S/C26H27N3O2/c1-3-29-18-24(22-12-4-5-13-25(22)29)23(19-9-8-11-21(15-19)31-2)16-26(30)28-17-20-10-6-7-14-27-20/h4-15,18,23H,3,16-17H2,1-2H3,(H,28,30). The molecular formula is C26H27N3O2.